The summed E-state index contributed by atoms with van der Waals surface area (Å²) in [6.45, 7) is 5.60. The van der Waals surface area contributed by atoms with Crippen molar-refractivity contribution in [3.05, 3.63) is 59.7 Å². The van der Waals surface area contributed by atoms with E-state index in [-0.39, 0.29) is 17.7 Å². The number of hydrogen-bond donors (Lipinski definition) is 1. The van der Waals surface area contributed by atoms with E-state index in [0.717, 1.165) is 12.1 Å². The molecule has 1 N–H and O–H groups in total. The largest absolute Gasteiger partial charge is 0.357 e. The third kappa shape index (κ3) is 3.04. The number of Topliss-reactive ketones (excluding diaryl/α,β-unsaturated/α-hetero) is 1. The van der Waals surface area contributed by atoms with Crippen molar-refractivity contribution in [2.75, 3.05) is 10.2 Å². The lowest BCUT2D eigenvalue weighted by atomic mass is 10.1. The smallest absolute Gasteiger partial charge is 0.246 e. The molecule has 1 aliphatic rings. The summed E-state index contributed by atoms with van der Waals surface area (Å²) in [5.41, 5.74) is 3.77. The molecule has 0 spiro atoms. The molecule has 0 aliphatic carbocycles. The van der Waals surface area contributed by atoms with Gasteiger partial charge in [0.2, 0.25) is 5.91 Å². The number of nitrogens with one attached hydrogen (secondary N) is 1. The van der Waals surface area contributed by atoms with Crippen LogP contribution in [0.1, 0.15) is 36.7 Å². The van der Waals surface area contributed by atoms with Crippen molar-refractivity contribution >= 4 is 23.1 Å². The van der Waals surface area contributed by atoms with Crippen molar-refractivity contribution in [2.45, 2.75) is 39.3 Å². The first-order chi connectivity index (χ1) is 11.5. The normalized spacial score (nSPS) is 17.3. The summed E-state index contributed by atoms with van der Waals surface area (Å²) in [6, 6.07) is 15.3. The maximum absolute atomic E-state index is 12.7. The van der Waals surface area contributed by atoms with E-state index in [9.17, 15) is 9.59 Å². The van der Waals surface area contributed by atoms with Crippen molar-refractivity contribution < 1.29 is 9.59 Å². The van der Waals surface area contributed by atoms with Crippen LogP contribution in [0.5, 0.6) is 0 Å². The highest BCUT2D eigenvalue weighted by Crippen LogP contribution is 2.33. The molecule has 0 radical (unpaired) electrons. The molecular weight excluding hydrogens is 300 g/mol. The van der Waals surface area contributed by atoms with Crippen LogP contribution in [0, 0.1) is 0 Å². The molecule has 0 bridgehead atoms. The van der Waals surface area contributed by atoms with Crippen LogP contribution in [0.25, 0.3) is 0 Å². The molecule has 2 aromatic rings. The van der Waals surface area contributed by atoms with Crippen molar-refractivity contribution in [1.29, 1.82) is 0 Å². The first kappa shape index (κ1) is 16.2. The van der Waals surface area contributed by atoms with Gasteiger partial charge in [-0.2, -0.15) is 0 Å². The van der Waals surface area contributed by atoms with Gasteiger partial charge in [0.1, 0.15) is 6.04 Å². The molecule has 3 rings (SSSR count). The Morgan fingerprint density at radius 2 is 1.79 bits per heavy atom. The van der Waals surface area contributed by atoms with E-state index < -0.39 is 0 Å². The standard InChI is InChI=1S/C20H22N2O2/c1-13-12-17-6-4-5-7-19(17)22(13)14(2)20(24)21-18-10-8-16(9-11-18)15(3)23/h4-11,13-14H,12H2,1-3H3,(H,21,24)/t13-,14-/m0/s1. The van der Waals surface area contributed by atoms with Crippen LogP contribution in [-0.4, -0.2) is 23.8 Å². The molecule has 0 fully saturated rings. The molecule has 1 heterocycles. The second-order valence-corrected chi connectivity index (χ2v) is 6.39. The van der Waals surface area contributed by atoms with Gasteiger partial charge in [-0.3, -0.25) is 9.59 Å². The Kier molecular flexibility index (Phi) is 4.38. The summed E-state index contributed by atoms with van der Waals surface area (Å²) in [4.78, 5) is 26.1. The van der Waals surface area contributed by atoms with Crippen LogP contribution in [0.15, 0.2) is 48.5 Å². The average Bonchev–Trinajstić information content (AvgIpc) is 2.90. The van der Waals surface area contributed by atoms with Gasteiger partial charge in [0.05, 0.1) is 0 Å². The van der Waals surface area contributed by atoms with Crippen LogP contribution in [-0.2, 0) is 11.2 Å². The predicted octanol–water partition coefficient (Wildman–Crippen LogP) is 3.67. The number of hydrogen-bond acceptors (Lipinski definition) is 3. The molecule has 0 saturated carbocycles. The van der Waals surface area contributed by atoms with Gasteiger partial charge in [-0.05, 0) is 63.1 Å². The second-order valence-electron chi connectivity index (χ2n) is 6.39. The number of para-hydroxylation sites is 1. The number of rotatable bonds is 4. The number of anilines is 2. The second kappa shape index (κ2) is 6.48. The lowest BCUT2D eigenvalue weighted by Crippen LogP contribution is -2.45. The first-order valence-electron chi connectivity index (χ1n) is 8.25. The summed E-state index contributed by atoms with van der Waals surface area (Å²) in [7, 11) is 0. The monoisotopic (exact) mass is 322 g/mol. The summed E-state index contributed by atoms with van der Waals surface area (Å²) < 4.78 is 0. The number of fused-ring (bicyclic) bond motifs is 1. The van der Waals surface area contributed by atoms with E-state index in [1.807, 2.05) is 19.1 Å². The van der Waals surface area contributed by atoms with E-state index in [1.165, 1.54) is 12.5 Å². The van der Waals surface area contributed by atoms with Crippen molar-refractivity contribution in [1.82, 2.24) is 0 Å². The Hall–Kier alpha value is -2.62. The molecule has 4 nitrogen and oxygen atoms in total. The molecule has 0 aromatic heterocycles. The minimum Gasteiger partial charge on any atom is -0.357 e. The van der Waals surface area contributed by atoms with E-state index >= 15 is 0 Å². The van der Waals surface area contributed by atoms with E-state index in [0.29, 0.717) is 17.3 Å². The summed E-state index contributed by atoms with van der Waals surface area (Å²) >= 11 is 0. The number of benzene rings is 2. The van der Waals surface area contributed by atoms with Crippen LogP contribution in [0.3, 0.4) is 0 Å². The van der Waals surface area contributed by atoms with Crippen molar-refractivity contribution in [3.63, 3.8) is 0 Å². The molecule has 0 unspecified atom stereocenters. The van der Waals surface area contributed by atoms with Crippen LogP contribution in [0.2, 0.25) is 0 Å². The highest BCUT2D eigenvalue weighted by atomic mass is 16.2. The Bertz CT molecular complexity index is 767. The maximum Gasteiger partial charge on any atom is 0.246 e. The van der Waals surface area contributed by atoms with Gasteiger partial charge in [0.25, 0.3) is 0 Å². The lowest BCUT2D eigenvalue weighted by molar-refractivity contribution is -0.117. The average molecular weight is 322 g/mol. The van der Waals surface area contributed by atoms with Crippen molar-refractivity contribution in [2.24, 2.45) is 0 Å². The molecule has 2 aromatic carbocycles. The fraction of sp³-hybridized carbons (Fsp3) is 0.300. The zero-order valence-electron chi connectivity index (χ0n) is 14.2. The van der Waals surface area contributed by atoms with Gasteiger partial charge in [0, 0.05) is 23.0 Å². The molecule has 1 aliphatic heterocycles. The predicted molar refractivity (Wildman–Crippen MR) is 96.6 cm³/mol. The molecule has 1 amide bonds. The number of ketones is 1. The molecular formula is C20H22N2O2. The highest BCUT2D eigenvalue weighted by Gasteiger charge is 2.32. The number of carbonyl (C=O) groups is 2. The van der Waals surface area contributed by atoms with E-state index in [2.05, 4.69) is 29.3 Å². The van der Waals surface area contributed by atoms with Gasteiger partial charge in [-0.25, -0.2) is 0 Å². The van der Waals surface area contributed by atoms with Gasteiger partial charge >= 0.3 is 0 Å². The third-order valence-electron chi connectivity index (χ3n) is 4.62. The highest BCUT2D eigenvalue weighted by molar-refractivity contribution is 5.98. The van der Waals surface area contributed by atoms with Gasteiger partial charge in [-0.1, -0.05) is 18.2 Å². The van der Waals surface area contributed by atoms with Crippen molar-refractivity contribution in [3.8, 4) is 0 Å². The Labute approximate surface area is 142 Å². The Balaban J connectivity index is 1.74. The minimum absolute atomic E-state index is 0.0174. The lowest BCUT2D eigenvalue weighted by Gasteiger charge is -2.30. The van der Waals surface area contributed by atoms with Crippen LogP contribution in [0.4, 0.5) is 11.4 Å². The minimum atomic E-state index is -0.267. The fourth-order valence-electron chi connectivity index (χ4n) is 3.34. The SMILES string of the molecule is CC(=O)c1ccc(NC(=O)[C@H](C)N2c3ccccc3C[C@@H]2C)cc1. The van der Waals surface area contributed by atoms with Crippen LogP contribution < -0.4 is 10.2 Å². The van der Waals surface area contributed by atoms with Gasteiger partial charge in [-0.15, -0.1) is 0 Å². The zero-order valence-corrected chi connectivity index (χ0v) is 14.2. The first-order valence-corrected chi connectivity index (χ1v) is 8.25. The van der Waals surface area contributed by atoms with Crippen LogP contribution >= 0.6 is 0 Å². The van der Waals surface area contributed by atoms with Gasteiger partial charge < -0.3 is 10.2 Å². The quantitative estimate of drug-likeness (QED) is 0.874. The van der Waals surface area contributed by atoms with E-state index in [1.54, 1.807) is 24.3 Å². The molecule has 124 valence electrons. The van der Waals surface area contributed by atoms with Gasteiger partial charge in [0.15, 0.2) is 5.78 Å². The number of carbonyl (C=O) groups excluding carboxylic acids is 2. The molecule has 0 saturated heterocycles. The molecule has 2 atom stereocenters. The Morgan fingerprint density at radius 1 is 1.12 bits per heavy atom. The summed E-state index contributed by atoms with van der Waals surface area (Å²) in [5, 5.41) is 2.94. The maximum atomic E-state index is 12.7. The Morgan fingerprint density at radius 3 is 2.46 bits per heavy atom. The summed E-state index contributed by atoms with van der Waals surface area (Å²) in [6.07, 6.45) is 0.959. The summed E-state index contributed by atoms with van der Waals surface area (Å²) in [5.74, 6) is -0.0297. The zero-order chi connectivity index (χ0) is 17.3. The number of nitrogens with zero attached hydrogens (tertiary/aromatic N) is 1. The van der Waals surface area contributed by atoms with E-state index in [4.69, 9.17) is 0 Å². The number of amides is 1. The molecule has 4 heteroatoms. The fourth-order valence-corrected chi connectivity index (χ4v) is 3.34. The third-order valence-corrected chi connectivity index (χ3v) is 4.62. The molecule has 24 heavy (non-hydrogen) atoms. The topological polar surface area (TPSA) is 49.4 Å².